The van der Waals surface area contributed by atoms with Crippen LogP contribution in [-0.4, -0.2) is 32.0 Å². The Hall–Kier alpha value is -2.41. The van der Waals surface area contributed by atoms with Gasteiger partial charge in [0, 0.05) is 25.3 Å². The average molecular weight is 360 g/mol. The Morgan fingerprint density at radius 1 is 1.08 bits per heavy atom. The quantitative estimate of drug-likeness (QED) is 0.702. The Bertz CT molecular complexity index is 889. The third-order valence-corrected chi connectivity index (χ3v) is 4.88. The van der Waals surface area contributed by atoms with E-state index in [1.807, 2.05) is 30.3 Å². The van der Waals surface area contributed by atoms with Crippen molar-refractivity contribution in [2.45, 2.75) is 38.1 Å². The van der Waals surface area contributed by atoms with Crippen LogP contribution in [0.1, 0.15) is 24.2 Å². The van der Waals surface area contributed by atoms with Gasteiger partial charge in [-0.05, 0) is 37.1 Å². The van der Waals surface area contributed by atoms with Crippen molar-refractivity contribution in [3.05, 3.63) is 60.0 Å². The highest BCUT2D eigenvalue weighted by molar-refractivity contribution is 5.71. The molecular weight excluding hydrogens is 341 g/mol. The molecular formula is C19H19F3N4. The van der Waals surface area contributed by atoms with Gasteiger partial charge in [0.1, 0.15) is 5.52 Å². The minimum absolute atomic E-state index is 0.0377. The average Bonchev–Trinajstić information content (AvgIpc) is 3.21. The highest BCUT2D eigenvalue weighted by Gasteiger charge is 2.39. The van der Waals surface area contributed by atoms with Gasteiger partial charge in [-0.1, -0.05) is 30.3 Å². The number of hydrogen-bond acceptors (Lipinski definition) is 3. The molecule has 1 aliphatic heterocycles. The second kappa shape index (κ2) is 6.72. The van der Waals surface area contributed by atoms with Crippen LogP contribution in [-0.2, 0) is 19.3 Å². The Kier molecular flexibility index (Phi) is 4.40. The first-order valence-electron chi connectivity index (χ1n) is 8.69. The molecule has 0 unspecified atom stereocenters. The summed E-state index contributed by atoms with van der Waals surface area (Å²) in [6.07, 6.45) is -1.13. The van der Waals surface area contributed by atoms with Gasteiger partial charge in [-0.2, -0.15) is 13.2 Å². The summed E-state index contributed by atoms with van der Waals surface area (Å²) in [7, 11) is 0. The minimum atomic E-state index is -4.50. The standard InChI is InChI=1S/C19H19F3N4/c20-19(21,22)18-24-16-9-4-10-23-17(16)26(18)13-15-8-5-11-25(15)12-14-6-2-1-3-7-14/h1-4,6-7,9-10,15H,5,8,11-13H2/t15-/m1/s1. The normalized spacial score (nSPS) is 18.7. The van der Waals surface area contributed by atoms with E-state index in [0.717, 1.165) is 25.9 Å². The molecule has 2 aromatic heterocycles. The number of likely N-dealkylation sites (tertiary alicyclic amines) is 1. The van der Waals surface area contributed by atoms with Crippen molar-refractivity contribution in [1.82, 2.24) is 19.4 Å². The first-order chi connectivity index (χ1) is 12.5. The number of imidazole rings is 1. The minimum Gasteiger partial charge on any atom is -0.303 e. The van der Waals surface area contributed by atoms with E-state index in [1.165, 1.54) is 16.3 Å². The van der Waals surface area contributed by atoms with E-state index in [1.54, 1.807) is 12.1 Å². The van der Waals surface area contributed by atoms with E-state index in [2.05, 4.69) is 14.9 Å². The molecule has 3 aromatic rings. The van der Waals surface area contributed by atoms with Crippen LogP contribution in [0.5, 0.6) is 0 Å². The van der Waals surface area contributed by atoms with E-state index in [9.17, 15) is 13.2 Å². The molecule has 4 rings (SSSR count). The molecule has 0 aliphatic carbocycles. The second-order valence-electron chi connectivity index (χ2n) is 6.64. The summed E-state index contributed by atoms with van der Waals surface area (Å²) in [5.41, 5.74) is 1.75. The molecule has 1 fully saturated rings. The number of fused-ring (bicyclic) bond motifs is 1. The van der Waals surface area contributed by atoms with Gasteiger partial charge in [0.05, 0.1) is 0 Å². The third kappa shape index (κ3) is 3.31. The molecule has 0 spiro atoms. The Balaban J connectivity index is 1.64. The molecule has 3 heterocycles. The van der Waals surface area contributed by atoms with Crippen molar-refractivity contribution < 1.29 is 13.2 Å². The molecule has 1 aromatic carbocycles. The van der Waals surface area contributed by atoms with Gasteiger partial charge >= 0.3 is 6.18 Å². The number of pyridine rings is 1. The Morgan fingerprint density at radius 2 is 1.88 bits per heavy atom. The molecule has 0 bridgehead atoms. The highest BCUT2D eigenvalue weighted by Crippen LogP contribution is 2.32. The molecule has 0 N–H and O–H groups in total. The largest absolute Gasteiger partial charge is 0.449 e. The molecule has 1 atom stereocenters. The van der Waals surface area contributed by atoms with E-state index in [0.29, 0.717) is 5.65 Å². The molecule has 4 nitrogen and oxygen atoms in total. The number of nitrogens with zero attached hydrogens (tertiary/aromatic N) is 4. The maximum Gasteiger partial charge on any atom is 0.449 e. The van der Waals surface area contributed by atoms with Crippen molar-refractivity contribution in [2.75, 3.05) is 6.54 Å². The lowest BCUT2D eigenvalue weighted by Crippen LogP contribution is -2.33. The van der Waals surface area contributed by atoms with Crippen LogP contribution in [0.3, 0.4) is 0 Å². The molecule has 26 heavy (non-hydrogen) atoms. The number of hydrogen-bond donors (Lipinski definition) is 0. The number of aromatic nitrogens is 3. The van der Waals surface area contributed by atoms with Crippen LogP contribution in [0, 0.1) is 0 Å². The molecule has 7 heteroatoms. The SMILES string of the molecule is FC(F)(F)c1nc2cccnc2n1C[C@H]1CCCN1Cc1ccccc1. The van der Waals surface area contributed by atoms with Gasteiger partial charge in [-0.15, -0.1) is 0 Å². The monoisotopic (exact) mass is 360 g/mol. The van der Waals surface area contributed by atoms with Gasteiger partial charge in [0.25, 0.3) is 0 Å². The summed E-state index contributed by atoms with van der Waals surface area (Å²) < 4.78 is 41.7. The zero-order valence-corrected chi connectivity index (χ0v) is 14.2. The van der Waals surface area contributed by atoms with E-state index >= 15 is 0 Å². The van der Waals surface area contributed by atoms with Crippen molar-refractivity contribution in [3.63, 3.8) is 0 Å². The van der Waals surface area contributed by atoms with Crippen molar-refractivity contribution in [3.8, 4) is 0 Å². The van der Waals surface area contributed by atoms with Gasteiger partial charge < -0.3 is 4.57 Å². The molecule has 0 amide bonds. The lowest BCUT2D eigenvalue weighted by atomic mass is 10.2. The lowest BCUT2D eigenvalue weighted by Gasteiger charge is -2.26. The molecule has 0 saturated carbocycles. The van der Waals surface area contributed by atoms with Crippen LogP contribution in [0.15, 0.2) is 48.7 Å². The maximum absolute atomic E-state index is 13.5. The first-order valence-corrected chi connectivity index (χ1v) is 8.69. The number of halogens is 3. The molecule has 136 valence electrons. The summed E-state index contributed by atoms with van der Waals surface area (Å²) >= 11 is 0. The smallest absolute Gasteiger partial charge is 0.303 e. The topological polar surface area (TPSA) is 34.0 Å². The predicted octanol–water partition coefficient (Wildman–Crippen LogP) is 4.11. The maximum atomic E-state index is 13.5. The van der Waals surface area contributed by atoms with Gasteiger partial charge in [0.15, 0.2) is 5.65 Å². The van der Waals surface area contributed by atoms with E-state index in [4.69, 9.17) is 0 Å². The summed E-state index contributed by atoms with van der Waals surface area (Å²) in [4.78, 5) is 10.2. The van der Waals surface area contributed by atoms with Crippen LogP contribution in [0.25, 0.3) is 11.2 Å². The van der Waals surface area contributed by atoms with Crippen LogP contribution in [0.2, 0.25) is 0 Å². The summed E-state index contributed by atoms with van der Waals surface area (Å²) in [5, 5.41) is 0. The number of benzene rings is 1. The van der Waals surface area contributed by atoms with Crippen molar-refractivity contribution in [2.24, 2.45) is 0 Å². The van der Waals surface area contributed by atoms with E-state index < -0.39 is 12.0 Å². The van der Waals surface area contributed by atoms with Crippen molar-refractivity contribution >= 4 is 11.2 Å². The summed E-state index contributed by atoms with van der Waals surface area (Å²) in [6.45, 7) is 1.88. The summed E-state index contributed by atoms with van der Waals surface area (Å²) in [6, 6.07) is 13.2. The zero-order chi connectivity index (χ0) is 18.1. The van der Waals surface area contributed by atoms with Crippen molar-refractivity contribution in [1.29, 1.82) is 0 Å². The second-order valence-corrected chi connectivity index (χ2v) is 6.64. The lowest BCUT2D eigenvalue weighted by molar-refractivity contribution is -0.147. The fraction of sp³-hybridized carbons (Fsp3) is 0.368. The molecule has 1 aliphatic rings. The van der Waals surface area contributed by atoms with Gasteiger partial charge in [-0.3, -0.25) is 4.90 Å². The Labute approximate surface area is 149 Å². The van der Waals surface area contributed by atoms with Crippen LogP contribution >= 0.6 is 0 Å². The molecule has 1 saturated heterocycles. The fourth-order valence-corrected chi connectivity index (χ4v) is 3.69. The Morgan fingerprint density at radius 3 is 2.65 bits per heavy atom. The van der Waals surface area contributed by atoms with Crippen LogP contribution in [0.4, 0.5) is 13.2 Å². The zero-order valence-electron chi connectivity index (χ0n) is 14.2. The highest BCUT2D eigenvalue weighted by atomic mass is 19.4. The molecule has 0 radical (unpaired) electrons. The van der Waals surface area contributed by atoms with Gasteiger partial charge in [-0.25, -0.2) is 9.97 Å². The third-order valence-electron chi connectivity index (χ3n) is 4.88. The summed E-state index contributed by atoms with van der Waals surface area (Å²) in [5.74, 6) is -0.863. The van der Waals surface area contributed by atoms with E-state index in [-0.39, 0.29) is 18.1 Å². The predicted molar refractivity (Wildman–Crippen MR) is 92.4 cm³/mol. The van der Waals surface area contributed by atoms with Crippen LogP contribution < -0.4 is 0 Å². The first kappa shape index (κ1) is 17.0. The number of alkyl halides is 3. The number of rotatable bonds is 4. The fourth-order valence-electron chi connectivity index (χ4n) is 3.69. The van der Waals surface area contributed by atoms with Gasteiger partial charge in [0.2, 0.25) is 5.82 Å².